The number of ether oxygens (including phenoxy) is 2. The number of esters is 2. The van der Waals surface area contributed by atoms with Crippen LogP contribution in [0, 0.1) is 0 Å². The lowest BCUT2D eigenvalue weighted by molar-refractivity contribution is -0.156. The topological polar surface area (TPSA) is 77.0 Å². The Kier molecular flexibility index (Phi) is 8.02. The Morgan fingerprint density at radius 3 is 2.18 bits per heavy atom. The van der Waals surface area contributed by atoms with E-state index in [-0.39, 0.29) is 13.2 Å². The summed E-state index contributed by atoms with van der Waals surface area (Å²) in [5, 5.41) is 3.58. The molecule has 0 unspecified atom stereocenters. The van der Waals surface area contributed by atoms with Gasteiger partial charge in [-0.25, -0.2) is 9.59 Å². The van der Waals surface area contributed by atoms with E-state index in [1.165, 1.54) is 0 Å². The monoisotopic (exact) mass is 402 g/mol. The first kappa shape index (κ1) is 21.4. The minimum absolute atomic E-state index is 0.129. The molecule has 0 aromatic heterocycles. The molecule has 0 bridgehead atoms. The molecule has 148 valence electrons. The van der Waals surface area contributed by atoms with Crippen molar-refractivity contribution in [1.82, 2.24) is 0 Å². The molecule has 0 atom stereocenters. The van der Waals surface area contributed by atoms with Crippen LogP contribution in [0.3, 0.4) is 0 Å². The lowest BCUT2D eigenvalue weighted by Crippen LogP contribution is -2.33. The molecule has 2 aromatic carbocycles. The van der Waals surface area contributed by atoms with E-state index in [0.29, 0.717) is 16.3 Å². The number of anilines is 1. The van der Waals surface area contributed by atoms with Gasteiger partial charge in [-0.1, -0.05) is 41.9 Å². The first-order valence-corrected chi connectivity index (χ1v) is 9.33. The Hall–Kier alpha value is -2.86. The number of carbonyl (C=O) groups is 2. The first-order valence-electron chi connectivity index (χ1n) is 8.95. The molecule has 0 spiro atoms. The number of rotatable bonds is 8. The number of carbonyl (C=O) groups excluding carboxylic acids is 2. The van der Waals surface area contributed by atoms with Gasteiger partial charge in [-0.15, -0.1) is 0 Å². The molecule has 0 aliphatic carbocycles. The van der Waals surface area contributed by atoms with Crippen molar-refractivity contribution in [2.45, 2.75) is 19.9 Å². The molecule has 0 aliphatic rings. The Labute approximate surface area is 169 Å². The summed E-state index contributed by atoms with van der Waals surface area (Å²) in [5.74, 6) is -1.52. The highest BCUT2D eigenvalue weighted by atomic mass is 35.5. The van der Waals surface area contributed by atoms with Crippen LogP contribution < -0.4 is 5.32 Å². The Bertz CT molecular complexity index is 835. The molecule has 28 heavy (non-hydrogen) atoms. The predicted molar refractivity (Wildman–Crippen MR) is 110 cm³/mol. The van der Waals surface area contributed by atoms with Gasteiger partial charge in [0.15, 0.2) is 0 Å². The fraction of sp³-hybridized carbons (Fsp3) is 0.286. The molecule has 0 radical (unpaired) electrons. The summed E-state index contributed by atoms with van der Waals surface area (Å²) in [4.78, 5) is 29.3. The van der Waals surface area contributed by atoms with Crippen LogP contribution in [-0.4, -0.2) is 44.0 Å². The van der Waals surface area contributed by atoms with E-state index in [9.17, 15) is 9.59 Å². The number of aliphatic imine (C=N–C) groups is 1. The zero-order valence-electron chi connectivity index (χ0n) is 16.1. The molecule has 0 saturated heterocycles. The third-order valence-electron chi connectivity index (χ3n) is 3.83. The third-order valence-corrected chi connectivity index (χ3v) is 4.07. The van der Waals surface area contributed by atoms with Crippen LogP contribution in [0.5, 0.6) is 0 Å². The van der Waals surface area contributed by atoms with E-state index in [4.69, 9.17) is 21.1 Å². The molecule has 6 nitrogen and oxygen atoms in total. The molecule has 0 aliphatic heterocycles. The van der Waals surface area contributed by atoms with Crippen molar-refractivity contribution >= 4 is 34.9 Å². The highest BCUT2D eigenvalue weighted by molar-refractivity contribution is 6.31. The van der Waals surface area contributed by atoms with Crippen molar-refractivity contribution in [1.29, 1.82) is 0 Å². The minimum Gasteiger partial charge on any atom is -0.464 e. The quantitative estimate of drug-likeness (QED) is 0.413. The maximum Gasteiger partial charge on any atom is 0.342 e. The van der Waals surface area contributed by atoms with E-state index in [1.807, 2.05) is 30.3 Å². The minimum atomic E-state index is -1.43. The average molecular weight is 403 g/mol. The van der Waals surface area contributed by atoms with Crippen LogP contribution >= 0.6 is 11.6 Å². The van der Waals surface area contributed by atoms with E-state index < -0.39 is 18.0 Å². The van der Waals surface area contributed by atoms with Gasteiger partial charge in [0.1, 0.15) is 0 Å². The van der Waals surface area contributed by atoms with Gasteiger partial charge in [0.2, 0.25) is 6.04 Å². The van der Waals surface area contributed by atoms with E-state index >= 15 is 0 Å². The van der Waals surface area contributed by atoms with Gasteiger partial charge >= 0.3 is 11.9 Å². The van der Waals surface area contributed by atoms with Crippen LogP contribution in [0.4, 0.5) is 5.69 Å². The summed E-state index contributed by atoms with van der Waals surface area (Å²) in [7, 11) is 1.77. The van der Waals surface area contributed by atoms with Crippen LogP contribution in [0.1, 0.15) is 25.0 Å². The zero-order chi connectivity index (χ0) is 20.5. The summed E-state index contributed by atoms with van der Waals surface area (Å²) in [6.07, 6.45) is 0. The van der Waals surface area contributed by atoms with Crippen molar-refractivity contribution in [3.8, 4) is 0 Å². The van der Waals surface area contributed by atoms with Crippen LogP contribution in [-0.2, 0) is 19.1 Å². The molecular formula is C21H23ClN2O4. The van der Waals surface area contributed by atoms with Crippen molar-refractivity contribution in [2.24, 2.45) is 4.99 Å². The van der Waals surface area contributed by atoms with Crippen molar-refractivity contribution in [3.05, 3.63) is 64.7 Å². The Morgan fingerprint density at radius 1 is 1.04 bits per heavy atom. The summed E-state index contributed by atoms with van der Waals surface area (Å²) >= 11 is 6.20. The van der Waals surface area contributed by atoms with Gasteiger partial charge in [-0.2, -0.15) is 0 Å². The van der Waals surface area contributed by atoms with Crippen LogP contribution in [0.15, 0.2) is 53.5 Å². The summed E-state index contributed by atoms with van der Waals surface area (Å²) in [5.41, 5.74) is 2.55. The SMILES string of the molecule is CCOC(=O)C(N=C(c1ccccc1)c1cc(Cl)ccc1NC)C(=O)OCC. The van der Waals surface area contributed by atoms with E-state index in [2.05, 4.69) is 10.3 Å². The zero-order valence-corrected chi connectivity index (χ0v) is 16.8. The normalized spacial score (nSPS) is 11.2. The second kappa shape index (κ2) is 10.5. The molecule has 1 N–H and O–H groups in total. The van der Waals surface area contributed by atoms with Crippen molar-refractivity contribution < 1.29 is 19.1 Å². The smallest absolute Gasteiger partial charge is 0.342 e. The van der Waals surface area contributed by atoms with Gasteiger partial charge in [-0.05, 0) is 32.0 Å². The fourth-order valence-electron chi connectivity index (χ4n) is 2.60. The average Bonchev–Trinajstić information content (AvgIpc) is 2.69. The predicted octanol–water partition coefficient (Wildman–Crippen LogP) is 3.71. The second-order valence-electron chi connectivity index (χ2n) is 5.69. The van der Waals surface area contributed by atoms with E-state index in [1.54, 1.807) is 39.1 Å². The van der Waals surface area contributed by atoms with Gasteiger partial charge in [-0.3, -0.25) is 4.99 Å². The lowest BCUT2D eigenvalue weighted by Gasteiger charge is -2.16. The molecule has 0 fully saturated rings. The molecule has 7 heteroatoms. The standard InChI is InChI=1S/C21H23ClN2O4/c1-4-27-20(25)19(21(26)28-5-2)24-18(14-9-7-6-8-10-14)16-13-15(22)11-12-17(16)23-3/h6-13,19,23H,4-5H2,1-3H3. The number of halogens is 1. The molecule has 0 amide bonds. The third kappa shape index (κ3) is 5.33. The number of hydrogen-bond acceptors (Lipinski definition) is 6. The summed E-state index contributed by atoms with van der Waals surface area (Å²) < 4.78 is 10.1. The van der Waals surface area contributed by atoms with Crippen LogP contribution in [0.25, 0.3) is 0 Å². The van der Waals surface area contributed by atoms with Gasteiger partial charge in [0.25, 0.3) is 0 Å². The molecule has 2 aromatic rings. The Morgan fingerprint density at radius 2 is 1.64 bits per heavy atom. The maximum absolute atomic E-state index is 12.4. The molecule has 0 heterocycles. The number of hydrogen-bond donors (Lipinski definition) is 1. The molecule has 2 rings (SSSR count). The van der Waals surface area contributed by atoms with Crippen molar-refractivity contribution in [3.63, 3.8) is 0 Å². The summed E-state index contributed by atoms with van der Waals surface area (Å²) in [6.45, 7) is 3.59. The lowest BCUT2D eigenvalue weighted by atomic mass is 10.00. The van der Waals surface area contributed by atoms with Gasteiger partial charge in [0.05, 0.1) is 18.9 Å². The van der Waals surface area contributed by atoms with Gasteiger partial charge in [0, 0.05) is 28.9 Å². The molecule has 0 saturated carbocycles. The highest BCUT2D eigenvalue weighted by Gasteiger charge is 2.30. The summed E-state index contributed by atoms with van der Waals surface area (Å²) in [6, 6.07) is 13.1. The highest BCUT2D eigenvalue weighted by Crippen LogP contribution is 2.25. The van der Waals surface area contributed by atoms with Crippen LogP contribution in [0.2, 0.25) is 5.02 Å². The number of nitrogens with one attached hydrogen (secondary N) is 1. The number of nitrogens with zero attached hydrogens (tertiary/aromatic N) is 1. The largest absolute Gasteiger partial charge is 0.464 e. The number of benzene rings is 2. The Balaban J connectivity index is 2.67. The molecular weight excluding hydrogens is 380 g/mol. The maximum atomic E-state index is 12.4. The fourth-order valence-corrected chi connectivity index (χ4v) is 2.77. The van der Waals surface area contributed by atoms with Crippen molar-refractivity contribution in [2.75, 3.05) is 25.6 Å². The van der Waals surface area contributed by atoms with E-state index in [0.717, 1.165) is 11.3 Å². The van der Waals surface area contributed by atoms with Gasteiger partial charge < -0.3 is 14.8 Å². The second-order valence-corrected chi connectivity index (χ2v) is 6.13. The first-order chi connectivity index (χ1) is 13.5.